The third-order valence-electron chi connectivity index (χ3n) is 3.81. The van der Waals surface area contributed by atoms with E-state index in [0.29, 0.717) is 6.42 Å². The first-order chi connectivity index (χ1) is 8.65. The first kappa shape index (κ1) is 11.3. The smallest absolute Gasteiger partial charge is 0.306 e. The molecule has 1 N–H and O–H groups in total. The molecule has 0 bridgehead atoms. The molecule has 0 spiro atoms. The van der Waals surface area contributed by atoms with E-state index in [1.807, 2.05) is 0 Å². The predicted octanol–water partition coefficient (Wildman–Crippen LogP) is 2.85. The van der Waals surface area contributed by atoms with E-state index in [0.717, 1.165) is 18.5 Å². The van der Waals surface area contributed by atoms with E-state index in [-0.39, 0.29) is 5.92 Å². The number of carboxylic acid groups (broad SMARTS) is 1. The summed E-state index contributed by atoms with van der Waals surface area (Å²) in [4.78, 5) is 10.9. The summed E-state index contributed by atoms with van der Waals surface area (Å²) in [5.41, 5.74) is 3.86. The van der Waals surface area contributed by atoms with Crippen LogP contribution in [0.4, 0.5) is 0 Å². The second kappa shape index (κ2) is 4.16. The van der Waals surface area contributed by atoms with E-state index >= 15 is 0 Å². The van der Waals surface area contributed by atoms with Crippen LogP contribution in [0.3, 0.4) is 0 Å². The maximum absolute atomic E-state index is 10.9. The Morgan fingerprint density at radius 1 is 1.50 bits per heavy atom. The van der Waals surface area contributed by atoms with Gasteiger partial charge in [0.15, 0.2) is 0 Å². The van der Waals surface area contributed by atoms with Crippen molar-refractivity contribution < 1.29 is 9.90 Å². The van der Waals surface area contributed by atoms with Crippen molar-refractivity contribution in [3.63, 3.8) is 0 Å². The van der Waals surface area contributed by atoms with E-state index in [2.05, 4.69) is 29.0 Å². The first-order valence-corrected chi connectivity index (χ1v) is 6.48. The van der Waals surface area contributed by atoms with E-state index in [1.165, 1.54) is 22.9 Å². The Bertz CT molecular complexity index is 612. The lowest BCUT2D eigenvalue weighted by Gasteiger charge is -2.17. The van der Waals surface area contributed by atoms with E-state index < -0.39 is 5.97 Å². The zero-order valence-electron chi connectivity index (χ0n) is 10.5. The lowest BCUT2D eigenvalue weighted by molar-refractivity contribution is -0.141. The van der Waals surface area contributed by atoms with Crippen molar-refractivity contribution in [1.82, 2.24) is 4.57 Å². The number of aryl methyl sites for hydroxylation is 2. The average molecular weight is 243 g/mol. The zero-order chi connectivity index (χ0) is 12.7. The second-order valence-electron chi connectivity index (χ2n) is 5.25. The van der Waals surface area contributed by atoms with Gasteiger partial charge < -0.3 is 9.67 Å². The van der Waals surface area contributed by atoms with Crippen molar-refractivity contribution in [2.75, 3.05) is 0 Å². The number of aliphatic carboxylic acids is 1. The largest absolute Gasteiger partial charge is 0.481 e. The van der Waals surface area contributed by atoms with Crippen molar-refractivity contribution in [2.45, 2.75) is 32.7 Å². The molecular weight excluding hydrogens is 226 g/mol. The first-order valence-electron chi connectivity index (χ1n) is 6.48. The Morgan fingerprint density at radius 3 is 3.11 bits per heavy atom. The molecule has 3 rings (SSSR count). The number of carbonyl (C=O) groups is 1. The van der Waals surface area contributed by atoms with Crippen molar-refractivity contribution >= 4 is 16.9 Å². The average Bonchev–Trinajstić information content (AvgIpc) is 2.74. The van der Waals surface area contributed by atoms with Crippen LogP contribution < -0.4 is 0 Å². The molecule has 1 aromatic carbocycles. The minimum absolute atomic E-state index is 0.319. The molecule has 0 radical (unpaired) electrons. The number of benzene rings is 1. The van der Waals surface area contributed by atoms with Crippen molar-refractivity contribution in [1.29, 1.82) is 0 Å². The Morgan fingerprint density at radius 2 is 2.33 bits per heavy atom. The lowest BCUT2D eigenvalue weighted by atomic mass is 9.95. The standard InChI is InChI=1S/C15H17NO2/c1-10(15(17)18)7-11-8-12-3-2-5-16-6-4-13(9-11)14(12)16/h4,6,8-10H,2-3,5,7H2,1H3,(H,17,18). The van der Waals surface area contributed by atoms with Gasteiger partial charge in [-0.2, -0.15) is 0 Å². The summed E-state index contributed by atoms with van der Waals surface area (Å²) in [7, 11) is 0. The molecule has 2 aromatic rings. The van der Waals surface area contributed by atoms with Crippen LogP contribution in [0, 0.1) is 5.92 Å². The van der Waals surface area contributed by atoms with Crippen LogP contribution in [-0.4, -0.2) is 15.6 Å². The predicted molar refractivity (Wildman–Crippen MR) is 70.8 cm³/mol. The molecule has 0 aliphatic carbocycles. The van der Waals surface area contributed by atoms with Gasteiger partial charge in [-0.05, 0) is 42.5 Å². The summed E-state index contributed by atoms with van der Waals surface area (Å²) >= 11 is 0. The van der Waals surface area contributed by atoms with Gasteiger partial charge in [0.25, 0.3) is 0 Å². The summed E-state index contributed by atoms with van der Waals surface area (Å²) in [6, 6.07) is 6.47. The molecule has 1 unspecified atom stereocenters. The number of rotatable bonds is 3. The lowest BCUT2D eigenvalue weighted by Crippen LogP contribution is -2.13. The van der Waals surface area contributed by atoms with Gasteiger partial charge in [-0.1, -0.05) is 13.0 Å². The molecule has 94 valence electrons. The molecule has 1 atom stereocenters. The molecule has 1 aromatic heterocycles. The number of carboxylic acids is 1. The quantitative estimate of drug-likeness (QED) is 0.900. The van der Waals surface area contributed by atoms with Gasteiger partial charge in [-0.3, -0.25) is 4.79 Å². The van der Waals surface area contributed by atoms with Crippen LogP contribution in [-0.2, 0) is 24.2 Å². The van der Waals surface area contributed by atoms with E-state index in [1.54, 1.807) is 6.92 Å². The molecule has 18 heavy (non-hydrogen) atoms. The fourth-order valence-corrected chi connectivity index (χ4v) is 2.88. The van der Waals surface area contributed by atoms with Crippen LogP contribution in [0.25, 0.3) is 10.9 Å². The summed E-state index contributed by atoms with van der Waals surface area (Å²) in [5.74, 6) is -1.04. The highest BCUT2D eigenvalue weighted by atomic mass is 16.4. The van der Waals surface area contributed by atoms with Crippen molar-refractivity contribution in [3.05, 3.63) is 35.5 Å². The Kier molecular flexibility index (Phi) is 2.62. The fraction of sp³-hybridized carbons (Fsp3) is 0.400. The van der Waals surface area contributed by atoms with E-state index in [4.69, 9.17) is 5.11 Å². The highest BCUT2D eigenvalue weighted by Crippen LogP contribution is 2.28. The summed E-state index contributed by atoms with van der Waals surface area (Å²) in [5, 5.41) is 10.2. The van der Waals surface area contributed by atoms with Crippen LogP contribution in [0.15, 0.2) is 24.4 Å². The molecule has 1 aliphatic rings. The van der Waals surface area contributed by atoms with Gasteiger partial charge in [0.2, 0.25) is 0 Å². The van der Waals surface area contributed by atoms with Gasteiger partial charge in [0, 0.05) is 18.1 Å². The number of aromatic nitrogens is 1. The molecule has 2 heterocycles. The Balaban J connectivity index is 2.02. The summed E-state index contributed by atoms with van der Waals surface area (Å²) in [6.07, 6.45) is 5.03. The van der Waals surface area contributed by atoms with Gasteiger partial charge in [0.05, 0.1) is 11.4 Å². The second-order valence-corrected chi connectivity index (χ2v) is 5.25. The van der Waals surface area contributed by atoms with Crippen LogP contribution in [0.2, 0.25) is 0 Å². The Labute approximate surface area is 106 Å². The number of hydrogen-bond acceptors (Lipinski definition) is 1. The van der Waals surface area contributed by atoms with Gasteiger partial charge in [0.1, 0.15) is 0 Å². The van der Waals surface area contributed by atoms with Crippen molar-refractivity contribution in [3.8, 4) is 0 Å². The maximum Gasteiger partial charge on any atom is 0.306 e. The highest BCUT2D eigenvalue weighted by Gasteiger charge is 2.16. The summed E-state index contributed by atoms with van der Waals surface area (Å²) in [6.45, 7) is 2.87. The third kappa shape index (κ3) is 1.80. The van der Waals surface area contributed by atoms with Gasteiger partial charge in [-0.15, -0.1) is 0 Å². The minimum atomic E-state index is -0.721. The van der Waals surface area contributed by atoms with Crippen LogP contribution in [0.5, 0.6) is 0 Å². The topological polar surface area (TPSA) is 42.2 Å². The number of hydrogen-bond donors (Lipinski definition) is 1. The minimum Gasteiger partial charge on any atom is -0.481 e. The van der Waals surface area contributed by atoms with E-state index in [9.17, 15) is 4.79 Å². The monoisotopic (exact) mass is 243 g/mol. The van der Waals surface area contributed by atoms with Crippen LogP contribution in [0.1, 0.15) is 24.5 Å². The molecule has 0 saturated heterocycles. The van der Waals surface area contributed by atoms with Crippen LogP contribution >= 0.6 is 0 Å². The fourth-order valence-electron chi connectivity index (χ4n) is 2.88. The number of nitrogens with zero attached hydrogens (tertiary/aromatic N) is 1. The maximum atomic E-state index is 10.9. The highest BCUT2D eigenvalue weighted by molar-refractivity contribution is 5.85. The SMILES string of the molecule is CC(Cc1cc2c3c(ccn3CCC2)c1)C(=O)O. The summed E-state index contributed by atoms with van der Waals surface area (Å²) < 4.78 is 2.30. The molecule has 0 amide bonds. The molecular formula is C15H17NO2. The zero-order valence-corrected chi connectivity index (χ0v) is 10.5. The Hall–Kier alpha value is -1.77. The van der Waals surface area contributed by atoms with Gasteiger partial charge >= 0.3 is 5.97 Å². The van der Waals surface area contributed by atoms with Gasteiger partial charge in [-0.25, -0.2) is 0 Å². The molecule has 0 saturated carbocycles. The normalized spacial score (nSPS) is 15.8. The molecule has 0 fully saturated rings. The molecule has 1 aliphatic heterocycles. The molecule has 3 nitrogen and oxygen atoms in total. The van der Waals surface area contributed by atoms with Crippen molar-refractivity contribution in [2.24, 2.45) is 5.92 Å². The third-order valence-corrected chi connectivity index (χ3v) is 3.81. The molecule has 3 heteroatoms.